The highest BCUT2D eigenvalue weighted by Gasteiger charge is 2.31. The van der Waals surface area contributed by atoms with Gasteiger partial charge < -0.3 is 15.8 Å². The number of hydrogen-bond acceptors (Lipinski definition) is 4. The Morgan fingerprint density at radius 2 is 2.50 bits per heavy atom. The topological polar surface area (TPSA) is 82.2 Å². The second kappa shape index (κ2) is 5.07. The van der Waals surface area contributed by atoms with Crippen LogP contribution in [0.3, 0.4) is 0 Å². The molecular formula is C12H20N4O2. The summed E-state index contributed by atoms with van der Waals surface area (Å²) in [6, 6.07) is -0.683. The first kappa shape index (κ1) is 13.0. The number of carbonyl (C=O) groups excluding carboxylic acids is 1. The molecule has 2 rings (SSSR count). The molecule has 2 unspecified atom stereocenters. The van der Waals surface area contributed by atoms with Crippen molar-refractivity contribution in [2.45, 2.75) is 31.3 Å². The van der Waals surface area contributed by atoms with Crippen LogP contribution in [0.4, 0.5) is 0 Å². The molecular weight excluding hydrogens is 232 g/mol. The minimum absolute atomic E-state index is 0.184. The van der Waals surface area contributed by atoms with E-state index in [1.807, 2.05) is 6.92 Å². The third-order valence-electron chi connectivity index (χ3n) is 3.23. The number of nitrogens with zero attached hydrogens (tertiary/aromatic N) is 2. The van der Waals surface area contributed by atoms with Gasteiger partial charge in [0.1, 0.15) is 6.04 Å². The second-order valence-electron chi connectivity index (χ2n) is 5.13. The summed E-state index contributed by atoms with van der Waals surface area (Å²) in [7, 11) is 1.80. The smallest absolute Gasteiger partial charge is 0.242 e. The molecule has 0 aromatic carbocycles. The van der Waals surface area contributed by atoms with Crippen LogP contribution in [-0.4, -0.2) is 34.4 Å². The van der Waals surface area contributed by atoms with Gasteiger partial charge in [-0.2, -0.15) is 5.10 Å². The number of hydrogen-bond donors (Lipinski definition) is 2. The van der Waals surface area contributed by atoms with Gasteiger partial charge in [0.25, 0.3) is 0 Å². The lowest BCUT2D eigenvalue weighted by Gasteiger charge is -2.35. The SMILES string of the molecule is Cn1cc(C(N)C(=O)NC2(C)CCCOC2)cn1. The van der Waals surface area contributed by atoms with E-state index in [0.717, 1.165) is 25.0 Å². The van der Waals surface area contributed by atoms with E-state index in [0.29, 0.717) is 6.61 Å². The summed E-state index contributed by atoms with van der Waals surface area (Å²) in [6.45, 7) is 3.29. The highest BCUT2D eigenvalue weighted by atomic mass is 16.5. The number of nitrogens with one attached hydrogen (secondary N) is 1. The Morgan fingerprint density at radius 3 is 3.06 bits per heavy atom. The number of ether oxygens (including phenoxy) is 1. The van der Waals surface area contributed by atoms with Crippen molar-refractivity contribution >= 4 is 5.91 Å². The number of rotatable bonds is 3. The number of aromatic nitrogens is 2. The summed E-state index contributed by atoms with van der Waals surface area (Å²) >= 11 is 0. The Kier molecular flexibility index (Phi) is 3.68. The molecule has 1 aromatic rings. The van der Waals surface area contributed by atoms with Crippen molar-refractivity contribution in [1.29, 1.82) is 0 Å². The van der Waals surface area contributed by atoms with E-state index in [1.165, 1.54) is 0 Å². The van der Waals surface area contributed by atoms with Gasteiger partial charge in [0.15, 0.2) is 0 Å². The zero-order valence-corrected chi connectivity index (χ0v) is 10.8. The maximum atomic E-state index is 12.1. The van der Waals surface area contributed by atoms with Gasteiger partial charge in [-0.05, 0) is 19.8 Å². The monoisotopic (exact) mass is 252 g/mol. The lowest BCUT2D eigenvalue weighted by atomic mass is 9.94. The molecule has 0 aliphatic carbocycles. The Hall–Kier alpha value is -1.40. The summed E-state index contributed by atoms with van der Waals surface area (Å²) in [4.78, 5) is 12.1. The first-order chi connectivity index (χ1) is 8.50. The number of aryl methyl sites for hydroxylation is 1. The van der Waals surface area contributed by atoms with Crippen LogP contribution in [0.15, 0.2) is 12.4 Å². The van der Waals surface area contributed by atoms with E-state index in [4.69, 9.17) is 10.5 Å². The Morgan fingerprint density at radius 1 is 1.72 bits per heavy atom. The lowest BCUT2D eigenvalue weighted by molar-refractivity contribution is -0.126. The minimum Gasteiger partial charge on any atom is -0.379 e. The fourth-order valence-electron chi connectivity index (χ4n) is 2.16. The predicted molar refractivity (Wildman–Crippen MR) is 66.7 cm³/mol. The maximum Gasteiger partial charge on any atom is 0.242 e. The number of carbonyl (C=O) groups is 1. The van der Waals surface area contributed by atoms with E-state index in [2.05, 4.69) is 10.4 Å². The van der Waals surface area contributed by atoms with Gasteiger partial charge in [0.05, 0.1) is 18.3 Å². The summed E-state index contributed by atoms with van der Waals surface area (Å²) < 4.78 is 7.04. The van der Waals surface area contributed by atoms with Crippen LogP contribution in [-0.2, 0) is 16.6 Å². The second-order valence-corrected chi connectivity index (χ2v) is 5.13. The van der Waals surface area contributed by atoms with E-state index >= 15 is 0 Å². The minimum atomic E-state index is -0.683. The van der Waals surface area contributed by atoms with Crippen LogP contribution in [0, 0.1) is 0 Å². The predicted octanol–water partition coefficient (Wildman–Crippen LogP) is 0.105. The molecule has 18 heavy (non-hydrogen) atoms. The van der Waals surface area contributed by atoms with Crippen molar-refractivity contribution in [3.05, 3.63) is 18.0 Å². The van der Waals surface area contributed by atoms with Gasteiger partial charge in [0.2, 0.25) is 5.91 Å². The molecule has 1 aromatic heterocycles. The molecule has 2 heterocycles. The van der Waals surface area contributed by atoms with Gasteiger partial charge in [-0.1, -0.05) is 0 Å². The van der Waals surface area contributed by atoms with E-state index in [-0.39, 0.29) is 11.4 Å². The van der Waals surface area contributed by atoms with Crippen molar-refractivity contribution < 1.29 is 9.53 Å². The molecule has 1 aliphatic rings. The third-order valence-corrected chi connectivity index (χ3v) is 3.23. The van der Waals surface area contributed by atoms with Gasteiger partial charge in [-0.25, -0.2) is 0 Å². The van der Waals surface area contributed by atoms with E-state index < -0.39 is 6.04 Å². The van der Waals surface area contributed by atoms with E-state index in [9.17, 15) is 4.79 Å². The first-order valence-corrected chi connectivity index (χ1v) is 6.14. The molecule has 6 nitrogen and oxygen atoms in total. The summed E-state index contributed by atoms with van der Waals surface area (Å²) in [5, 5.41) is 6.99. The van der Waals surface area contributed by atoms with Crippen LogP contribution >= 0.6 is 0 Å². The van der Waals surface area contributed by atoms with Crippen LogP contribution in [0.2, 0.25) is 0 Å². The molecule has 1 fully saturated rings. The van der Waals surface area contributed by atoms with Crippen molar-refractivity contribution in [2.75, 3.05) is 13.2 Å². The van der Waals surface area contributed by atoms with Crippen LogP contribution in [0.1, 0.15) is 31.4 Å². The highest BCUT2D eigenvalue weighted by Crippen LogP contribution is 2.19. The molecule has 1 saturated heterocycles. The standard InChI is InChI=1S/C12H20N4O2/c1-12(4-3-5-18-8-12)15-11(17)10(13)9-6-14-16(2)7-9/h6-7,10H,3-5,8,13H2,1-2H3,(H,15,17). The highest BCUT2D eigenvalue weighted by molar-refractivity contribution is 5.83. The quantitative estimate of drug-likeness (QED) is 0.799. The van der Waals surface area contributed by atoms with Gasteiger partial charge in [-0.3, -0.25) is 9.48 Å². The fraction of sp³-hybridized carbons (Fsp3) is 0.667. The van der Waals surface area contributed by atoms with Crippen molar-refractivity contribution in [2.24, 2.45) is 12.8 Å². The number of amides is 1. The first-order valence-electron chi connectivity index (χ1n) is 6.14. The molecule has 0 spiro atoms. The summed E-state index contributed by atoms with van der Waals surface area (Å²) in [5.74, 6) is -0.184. The maximum absolute atomic E-state index is 12.1. The van der Waals surface area contributed by atoms with Gasteiger partial charge >= 0.3 is 0 Å². The molecule has 2 atom stereocenters. The Labute approximate surface area is 106 Å². The average Bonchev–Trinajstić information content (AvgIpc) is 2.75. The van der Waals surface area contributed by atoms with Crippen molar-refractivity contribution in [3.8, 4) is 0 Å². The Balaban J connectivity index is 1.98. The van der Waals surface area contributed by atoms with Crippen molar-refractivity contribution in [1.82, 2.24) is 15.1 Å². The van der Waals surface area contributed by atoms with Crippen molar-refractivity contribution in [3.63, 3.8) is 0 Å². The Bertz CT molecular complexity index is 423. The molecule has 100 valence electrons. The number of nitrogens with two attached hydrogens (primary N) is 1. The molecule has 0 bridgehead atoms. The fourth-order valence-corrected chi connectivity index (χ4v) is 2.16. The normalized spacial score (nSPS) is 25.7. The zero-order valence-electron chi connectivity index (χ0n) is 10.8. The molecule has 3 N–H and O–H groups in total. The van der Waals surface area contributed by atoms with Gasteiger partial charge in [-0.15, -0.1) is 0 Å². The average molecular weight is 252 g/mol. The molecule has 0 radical (unpaired) electrons. The van der Waals surface area contributed by atoms with Crippen LogP contribution in [0.5, 0.6) is 0 Å². The molecule has 0 saturated carbocycles. The lowest BCUT2D eigenvalue weighted by Crippen LogP contribution is -2.53. The van der Waals surface area contributed by atoms with Gasteiger partial charge in [0, 0.05) is 25.4 Å². The molecule has 6 heteroatoms. The third kappa shape index (κ3) is 2.88. The van der Waals surface area contributed by atoms with E-state index in [1.54, 1.807) is 24.1 Å². The molecule has 1 aliphatic heterocycles. The van der Waals surface area contributed by atoms with Crippen LogP contribution < -0.4 is 11.1 Å². The largest absolute Gasteiger partial charge is 0.379 e. The summed E-state index contributed by atoms with van der Waals surface area (Å²) in [6.07, 6.45) is 5.24. The summed E-state index contributed by atoms with van der Waals surface area (Å²) in [5.41, 5.74) is 6.33. The van der Waals surface area contributed by atoms with Crippen LogP contribution in [0.25, 0.3) is 0 Å². The zero-order chi connectivity index (χ0) is 13.2. The molecule has 1 amide bonds.